The minimum Gasteiger partial charge on any atom is -0.480 e. The molecule has 1 aromatic rings. The summed E-state index contributed by atoms with van der Waals surface area (Å²) in [6.07, 6.45) is 0. The summed E-state index contributed by atoms with van der Waals surface area (Å²) in [5.41, 5.74) is 0. The van der Waals surface area contributed by atoms with Gasteiger partial charge in [0.05, 0.1) is 5.37 Å². The zero-order valence-corrected chi connectivity index (χ0v) is 10.2. The first-order chi connectivity index (χ1) is 7.00. The van der Waals surface area contributed by atoms with Crippen LogP contribution in [0.4, 0.5) is 0 Å². The zero-order chi connectivity index (χ0) is 11.1. The molecule has 1 fully saturated rings. The molecule has 0 saturated carbocycles. The van der Waals surface area contributed by atoms with Crippen molar-refractivity contribution in [2.45, 2.75) is 30.0 Å². The first-order valence-electron chi connectivity index (χ1n) is 4.71. The van der Waals surface area contributed by atoms with Crippen molar-refractivity contribution in [3.05, 3.63) is 22.4 Å². The molecule has 0 aliphatic carbocycles. The number of carboxylic acid groups (broad SMARTS) is 1. The van der Waals surface area contributed by atoms with Gasteiger partial charge in [-0.1, -0.05) is 6.07 Å². The first-order valence-corrected chi connectivity index (χ1v) is 6.47. The molecule has 82 valence electrons. The third-order valence-corrected chi connectivity index (χ3v) is 5.04. The Morgan fingerprint density at radius 2 is 2.33 bits per heavy atom. The van der Waals surface area contributed by atoms with Crippen molar-refractivity contribution in [2.75, 3.05) is 0 Å². The highest BCUT2D eigenvalue weighted by molar-refractivity contribution is 8.01. The second-order valence-electron chi connectivity index (χ2n) is 4.05. The Morgan fingerprint density at radius 3 is 2.80 bits per heavy atom. The van der Waals surface area contributed by atoms with E-state index >= 15 is 0 Å². The molecule has 5 heteroatoms. The summed E-state index contributed by atoms with van der Waals surface area (Å²) in [7, 11) is 0. The van der Waals surface area contributed by atoms with E-state index < -0.39 is 12.0 Å². The highest BCUT2D eigenvalue weighted by atomic mass is 32.2. The second-order valence-corrected chi connectivity index (χ2v) is 6.79. The van der Waals surface area contributed by atoms with Gasteiger partial charge >= 0.3 is 5.97 Å². The van der Waals surface area contributed by atoms with E-state index in [1.807, 2.05) is 31.4 Å². The van der Waals surface area contributed by atoms with Crippen molar-refractivity contribution in [1.29, 1.82) is 0 Å². The molecule has 1 aliphatic heterocycles. The Kier molecular flexibility index (Phi) is 2.79. The van der Waals surface area contributed by atoms with Crippen molar-refractivity contribution in [2.24, 2.45) is 0 Å². The quantitative estimate of drug-likeness (QED) is 0.837. The largest absolute Gasteiger partial charge is 0.480 e. The van der Waals surface area contributed by atoms with Crippen LogP contribution >= 0.6 is 23.1 Å². The molecule has 0 aromatic carbocycles. The maximum absolute atomic E-state index is 11.1. The van der Waals surface area contributed by atoms with Crippen molar-refractivity contribution in [3.63, 3.8) is 0 Å². The average Bonchev–Trinajstić information content (AvgIpc) is 2.69. The molecule has 3 nitrogen and oxygen atoms in total. The van der Waals surface area contributed by atoms with Gasteiger partial charge in [0.15, 0.2) is 0 Å². The lowest BCUT2D eigenvalue weighted by atomic mass is 10.0. The number of nitrogens with one attached hydrogen (secondary N) is 1. The van der Waals surface area contributed by atoms with Gasteiger partial charge in [0.25, 0.3) is 0 Å². The lowest BCUT2D eigenvalue weighted by Crippen LogP contribution is -2.43. The number of carbonyl (C=O) groups is 1. The molecule has 2 heterocycles. The van der Waals surface area contributed by atoms with Crippen molar-refractivity contribution < 1.29 is 9.90 Å². The summed E-state index contributed by atoms with van der Waals surface area (Å²) in [6.45, 7) is 3.94. The molecule has 2 atom stereocenters. The van der Waals surface area contributed by atoms with Crippen LogP contribution in [0.1, 0.15) is 24.1 Å². The number of carboxylic acids is 1. The minimum atomic E-state index is -0.772. The lowest BCUT2D eigenvalue weighted by Gasteiger charge is -2.20. The van der Waals surface area contributed by atoms with Crippen LogP contribution in [0.5, 0.6) is 0 Å². The van der Waals surface area contributed by atoms with Gasteiger partial charge in [0, 0.05) is 9.62 Å². The monoisotopic (exact) mass is 243 g/mol. The number of thioether (sulfide) groups is 1. The third kappa shape index (κ3) is 2.04. The van der Waals surface area contributed by atoms with E-state index in [0.717, 1.165) is 0 Å². The zero-order valence-electron chi connectivity index (χ0n) is 8.56. The van der Waals surface area contributed by atoms with Crippen molar-refractivity contribution in [1.82, 2.24) is 5.32 Å². The Labute approximate surface area is 96.9 Å². The topological polar surface area (TPSA) is 49.3 Å². The van der Waals surface area contributed by atoms with Crippen LogP contribution in [0, 0.1) is 0 Å². The van der Waals surface area contributed by atoms with Gasteiger partial charge in [-0.15, -0.1) is 23.1 Å². The number of hydrogen-bond donors (Lipinski definition) is 2. The van der Waals surface area contributed by atoms with E-state index in [0.29, 0.717) is 0 Å². The molecule has 15 heavy (non-hydrogen) atoms. The Morgan fingerprint density at radius 1 is 1.60 bits per heavy atom. The van der Waals surface area contributed by atoms with Gasteiger partial charge in [0.1, 0.15) is 6.04 Å². The van der Waals surface area contributed by atoms with E-state index in [2.05, 4.69) is 5.32 Å². The molecule has 1 aliphatic rings. The molecule has 1 aromatic heterocycles. The third-order valence-electron chi connectivity index (χ3n) is 2.48. The van der Waals surface area contributed by atoms with Gasteiger partial charge in [-0.3, -0.25) is 10.1 Å². The van der Waals surface area contributed by atoms with E-state index in [9.17, 15) is 4.79 Å². The maximum atomic E-state index is 11.1. The fourth-order valence-electron chi connectivity index (χ4n) is 1.71. The number of hydrogen-bond acceptors (Lipinski definition) is 4. The van der Waals surface area contributed by atoms with E-state index in [4.69, 9.17) is 5.11 Å². The maximum Gasteiger partial charge on any atom is 0.322 e. The van der Waals surface area contributed by atoms with Gasteiger partial charge in [0.2, 0.25) is 0 Å². The van der Waals surface area contributed by atoms with E-state index in [1.54, 1.807) is 23.1 Å². The smallest absolute Gasteiger partial charge is 0.322 e. The molecule has 0 radical (unpaired) electrons. The predicted octanol–water partition coefficient (Wildman–Crippen LogP) is 2.31. The molecule has 0 bridgehead atoms. The van der Waals surface area contributed by atoms with Crippen molar-refractivity contribution >= 4 is 29.1 Å². The van der Waals surface area contributed by atoms with Crippen LogP contribution in [0.2, 0.25) is 0 Å². The van der Waals surface area contributed by atoms with Crippen molar-refractivity contribution in [3.8, 4) is 0 Å². The molecule has 0 unspecified atom stereocenters. The molecule has 0 amide bonds. The van der Waals surface area contributed by atoms with Gasteiger partial charge in [-0.25, -0.2) is 0 Å². The van der Waals surface area contributed by atoms with Crippen LogP contribution in [0.15, 0.2) is 17.5 Å². The highest BCUT2D eigenvalue weighted by Gasteiger charge is 2.45. The fourth-order valence-corrected chi connectivity index (χ4v) is 3.99. The molecule has 2 rings (SSSR count). The van der Waals surface area contributed by atoms with Crippen LogP contribution in [-0.4, -0.2) is 21.9 Å². The second kappa shape index (κ2) is 3.81. The van der Waals surface area contributed by atoms with Crippen LogP contribution in [0.3, 0.4) is 0 Å². The van der Waals surface area contributed by atoms with Gasteiger partial charge in [-0.2, -0.15) is 0 Å². The highest BCUT2D eigenvalue weighted by Crippen LogP contribution is 2.46. The molecular weight excluding hydrogens is 230 g/mol. The lowest BCUT2D eigenvalue weighted by molar-refractivity contribution is -0.139. The Balaban J connectivity index is 2.19. The molecule has 2 N–H and O–H groups in total. The number of rotatable bonds is 2. The summed E-state index contributed by atoms with van der Waals surface area (Å²) in [5.74, 6) is -0.772. The molecule has 1 saturated heterocycles. The Bertz CT molecular complexity index is 362. The Hall–Kier alpha value is -0.520. The van der Waals surface area contributed by atoms with E-state index in [-0.39, 0.29) is 10.1 Å². The summed E-state index contributed by atoms with van der Waals surface area (Å²) in [5, 5.41) is 14.4. The van der Waals surface area contributed by atoms with Gasteiger partial charge in [-0.05, 0) is 25.3 Å². The molecular formula is C10H13NO2S2. The minimum absolute atomic E-state index is 0.112. The van der Waals surface area contributed by atoms with E-state index in [1.165, 1.54) is 4.88 Å². The van der Waals surface area contributed by atoms with Crippen LogP contribution in [-0.2, 0) is 4.79 Å². The van der Waals surface area contributed by atoms with Crippen LogP contribution < -0.4 is 5.32 Å². The summed E-state index contributed by atoms with van der Waals surface area (Å²) in [4.78, 5) is 12.3. The average molecular weight is 243 g/mol. The molecule has 0 spiro atoms. The van der Waals surface area contributed by atoms with Crippen LogP contribution in [0.25, 0.3) is 0 Å². The SMILES string of the molecule is CC1(C)S[C@@H](c2cccs2)N[C@H]1C(=O)O. The normalized spacial score (nSPS) is 29.2. The van der Waals surface area contributed by atoms with Gasteiger partial charge < -0.3 is 5.11 Å². The number of aliphatic carboxylic acids is 1. The summed E-state index contributed by atoms with van der Waals surface area (Å²) >= 11 is 3.34. The predicted molar refractivity (Wildman–Crippen MR) is 63.3 cm³/mol. The standard InChI is InChI=1S/C10H13NO2S2/c1-10(2)7(9(12)13)11-8(15-10)6-4-3-5-14-6/h3-5,7-8,11H,1-2H3,(H,12,13)/t7-,8-/m0/s1. The summed E-state index contributed by atoms with van der Waals surface area (Å²) in [6, 6.07) is 3.55. The summed E-state index contributed by atoms with van der Waals surface area (Å²) < 4.78 is -0.263. The number of thiophene rings is 1. The first kappa shape index (κ1) is 11.0. The fraction of sp³-hybridized carbons (Fsp3) is 0.500.